The van der Waals surface area contributed by atoms with Gasteiger partial charge in [0.1, 0.15) is 0 Å². The zero-order valence-electron chi connectivity index (χ0n) is 38.5. The normalized spacial score (nSPS) is 20.6. The maximum atomic E-state index is 2.93. The molecule has 0 amide bonds. The molecule has 0 saturated heterocycles. The molecule has 4 unspecified atom stereocenters. The Bertz CT molecular complexity index is 2100. The van der Waals surface area contributed by atoms with Crippen molar-refractivity contribution in [1.82, 2.24) is 0 Å². The molecule has 0 aliphatic heterocycles. The summed E-state index contributed by atoms with van der Waals surface area (Å²) in [5.41, 5.74) is 21.6. The van der Waals surface area contributed by atoms with E-state index in [0.717, 1.165) is 11.8 Å². The van der Waals surface area contributed by atoms with Crippen LogP contribution < -0.4 is 0 Å². The minimum Gasteiger partial charge on any atom is -0.147 e. The van der Waals surface area contributed by atoms with Gasteiger partial charge < -0.3 is 0 Å². The fraction of sp³-hybridized carbons (Fsp3) is 0.500. The average Bonchev–Trinajstić information content (AvgIpc) is 3.79. The van der Waals surface area contributed by atoms with E-state index in [0.29, 0.717) is 19.1 Å². The molecule has 322 valence electrons. The maximum absolute atomic E-state index is 3.91. The Kier molecular flexibility index (Phi) is 15.4. The summed E-state index contributed by atoms with van der Waals surface area (Å²) in [6.45, 7) is 16.7. The molecular formula is C56H76Cl2SiZr. The summed E-state index contributed by atoms with van der Waals surface area (Å²) in [5, 5.41) is 0. The Morgan fingerprint density at radius 1 is 0.550 bits per heavy atom. The van der Waals surface area contributed by atoms with E-state index in [1.54, 1.807) is 33.4 Å². The number of allylic oxidation sites excluding steroid dienone is 2. The van der Waals surface area contributed by atoms with Crippen molar-refractivity contribution in [3.8, 4) is 22.3 Å². The molecule has 0 radical (unpaired) electrons. The van der Waals surface area contributed by atoms with E-state index < -0.39 is 17.4 Å². The molecule has 4 aliphatic carbocycles. The van der Waals surface area contributed by atoms with Gasteiger partial charge in [-0.3, -0.25) is 0 Å². The van der Waals surface area contributed by atoms with Gasteiger partial charge in [-0.1, -0.05) is 0 Å². The summed E-state index contributed by atoms with van der Waals surface area (Å²) in [6, 6.07) is 29.8. The smallest absolute Gasteiger partial charge is 0.147 e. The van der Waals surface area contributed by atoms with Gasteiger partial charge in [0.2, 0.25) is 0 Å². The third-order valence-electron chi connectivity index (χ3n) is 15.9. The van der Waals surface area contributed by atoms with Gasteiger partial charge in [0.15, 0.2) is 0 Å². The standard InChI is InChI=1S/2C27H33.2CH3.2ClH.H2Si.Zr/c2*1-4-20(3)23-10-12-24(13-11-23)26-15-19(2)14-25-17-22(18-27(25)26)16-21-8-6-5-7-9-21;;;;;;/h2*10-15,17-18,20-21H,4-9,16H2,1-3H3;2*1H3;2*1H;1H2;. The second-order valence-electron chi connectivity index (χ2n) is 21.2. The monoisotopic (exact) mass is 936 g/mol. The van der Waals surface area contributed by atoms with Crippen molar-refractivity contribution >= 4 is 43.8 Å². The molecule has 60 heavy (non-hydrogen) atoms. The van der Waals surface area contributed by atoms with Crippen molar-refractivity contribution in [2.75, 3.05) is 0 Å². The van der Waals surface area contributed by atoms with Gasteiger partial charge in [-0.15, -0.1) is 24.8 Å². The number of fused-ring (bicyclic) bond motifs is 2. The summed E-state index contributed by atoms with van der Waals surface area (Å²) >= 11 is -3.91. The largest absolute Gasteiger partial charge is 0.147 e. The van der Waals surface area contributed by atoms with E-state index in [1.165, 1.54) is 134 Å². The fourth-order valence-electron chi connectivity index (χ4n) is 12.5. The summed E-state index contributed by atoms with van der Waals surface area (Å²) in [7, 11) is 0. The van der Waals surface area contributed by atoms with Crippen molar-refractivity contribution < 1.29 is 17.4 Å². The first kappa shape index (κ1) is 47.5. The molecular weight excluding hydrogens is 863 g/mol. The molecule has 0 N–H and O–H groups in total. The van der Waals surface area contributed by atoms with E-state index >= 15 is 0 Å². The molecule has 0 spiro atoms. The van der Waals surface area contributed by atoms with E-state index in [2.05, 4.69) is 143 Å². The molecule has 2 saturated carbocycles. The van der Waals surface area contributed by atoms with Gasteiger partial charge in [0, 0.05) is 0 Å². The zero-order chi connectivity index (χ0) is 40.8. The number of aryl methyl sites for hydroxylation is 2. The van der Waals surface area contributed by atoms with Crippen molar-refractivity contribution in [1.29, 1.82) is 0 Å². The summed E-state index contributed by atoms with van der Waals surface area (Å²) < 4.78 is 6.96. The van der Waals surface area contributed by atoms with Crippen LogP contribution in [-0.2, 0) is 17.4 Å². The molecule has 4 heteroatoms. The average molecular weight is 939 g/mol. The fourth-order valence-corrected chi connectivity index (χ4v) is 32.2. The molecule has 0 heterocycles. The van der Waals surface area contributed by atoms with Crippen LogP contribution in [0.15, 0.2) is 83.9 Å². The van der Waals surface area contributed by atoms with Crippen molar-refractivity contribution in [2.45, 2.75) is 160 Å². The predicted molar refractivity (Wildman–Crippen MR) is 269 cm³/mol. The van der Waals surface area contributed by atoms with Gasteiger partial charge in [-0.2, -0.15) is 0 Å². The van der Waals surface area contributed by atoms with Gasteiger partial charge in [-0.05, 0) is 0 Å². The first-order valence-electron chi connectivity index (χ1n) is 23.8. The zero-order valence-corrected chi connectivity index (χ0v) is 44.0. The van der Waals surface area contributed by atoms with Crippen LogP contribution in [0, 0.1) is 25.7 Å². The van der Waals surface area contributed by atoms with Gasteiger partial charge >= 0.3 is 359 Å². The molecule has 4 aliphatic rings. The summed E-state index contributed by atoms with van der Waals surface area (Å²) in [4.78, 5) is 0. The maximum Gasteiger partial charge on any atom is -0.147 e. The second-order valence-corrected chi connectivity index (χ2v) is 51.6. The second kappa shape index (κ2) is 19.4. The molecule has 4 atom stereocenters. The topological polar surface area (TPSA) is 0 Å². The Labute approximate surface area is 380 Å². The van der Waals surface area contributed by atoms with Crippen molar-refractivity contribution in [2.24, 2.45) is 11.8 Å². The van der Waals surface area contributed by atoms with Crippen LogP contribution in [0.5, 0.6) is 0 Å². The number of hydrogen-bond donors (Lipinski definition) is 0. The Hall–Kier alpha value is -1.96. The van der Waals surface area contributed by atoms with Gasteiger partial charge in [-0.25, -0.2) is 0 Å². The number of halogens is 2. The number of hydrogen-bond acceptors (Lipinski definition) is 0. The van der Waals surface area contributed by atoms with Gasteiger partial charge in [0.25, 0.3) is 0 Å². The number of benzene rings is 4. The summed E-state index contributed by atoms with van der Waals surface area (Å²) in [6.07, 6.45) is 24.6. The van der Waals surface area contributed by atoms with Crippen LogP contribution in [0.1, 0.15) is 181 Å². The van der Waals surface area contributed by atoms with E-state index in [4.69, 9.17) is 0 Å². The molecule has 4 aromatic carbocycles. The van der Waals surface area contributed by atoms with Crippen LogP contribution in [-0.4, -0.2) is 6.88 Å². The Morgan fingerprint density at radius 2 is 0.900 bits per heavy atom. The molecule has 0 nitrogen and oxygen atoms in total. The van der Waals surface area contributed by atoms with Crippen molar-refractivity contribution in [3.63, 3.8) is 0 Å². The summed E-state index contributed by atoms with van der Waals surface area (Å²) in [5.74, 6) is 2.84. The van der Waals surface area contributed by atoms with E-state index in [-0.39, 0.29) is 24.8 Å². The van der Waals surface area contributed by atoms with Crippen LogP contribution in [0.2, 0.25) is 9.26 Å². The third kappa shape index (κ3) is 9.45. The van der Waals surface area contributed by atoms with Crippen LogP contribution in [0.4, 0.5) is 0 Å². The molecule has 8 rings (SSSR count). The third-order valence-corrected chi connectivity index (χ3v) is 33.4. The molecule has 2 fully saturated rings. The van der Waals surface area contributed by atoms with Crippen molar-refractivity contribution in [3.05, 3.63) is 128 Å². The minimum atomic E-state index is -3.91. The van der Waals surface area contributed by atoms with Crippen LogP contribution in [0.3, 0.4) is 0 Å². The first-order valence-corrected chi connectivity index (χ1v) is 37.5. The number of rotatable bonds is 12. The predicted octanol–water partition coefficient (Wildman–Crippen LogP) is 17.4. The van der Waals surface area contributed by atoms with Crippen LogP contribution in [0.25, 0.3) is 34.4 Å². The molecule has 4 aromatic rings. The van der Waals surface area contributed by atoms with E-state index in [9.17, 15) is 0 Å². The minimum absolute atomic E-state index is 0. The van der Waals surface area contributed by atoms with Gasteiger partial charge in [0.05, 0.1) is 0 Å². The quantitative estimate of drug-likeness (QED) is 0.124. The van der Waals surface area contributed by atoms with Crippen LogP contribution >= 0.6 is 24.8 Å². The van der Waals surface area contributed by atoms with E-state index in [1.807, 2.05) is 0 Å². The molecule has 0 bridgehead atoms. The Balaban J connectivity index is 0.00000302. The first-order chi connectivity index (χ1) is 27.8. The Morgan fingerprint density at radius 3 is 1.23 bits per heavy atom. The molecule has 0 aromatic heterocycles. The SMILES string of the molecule is CCC(C)c1ccc(-c2cc(C)cc3c2C=C(CC2CCCCC2)[CH]3[Zr]([CH3])([CH3])(=[SiH2])[CH]2C(CC3CCCCC3)=Cc3c(-c4ccc(C(C)CC)cc4)cc(C)cc32)cc1.Cl.Cl.